The van der Waals surface area contributed by atoms with Crippen LogP contribution in [0.2, 0.25) is 0 Å². The molecule has 2 N–H and O–H groups in total. The van der Waals surface area contributed by atoms with E-state index < -0.39 is 15.7 Å². The fraction of sp³-hybridized carbons (Fsp3) is 0.100. The molecule has 0 radical (unpaired) electrons. The van der Waals surface area contributed by atoms with Gasteiger partial charge in [-0.15, -0.1) is 11.3 Å². The van der Waals surface area contributed by atoms with Crippen LogP contribution in [-0.4, -0.2) is 20.6 Å². The number of hydrogen-bond donors (Lipinski definition) is 1. The second-order valence-electron chi connectivity index (χ2n) is 3.45. The van der Waals surface area contributed by atoms with E-state index in [0.29, 0.717) is 10.9 Å². The molecule has 4 nitrogen and oxygen atoms in total. The Morgan fingerprint density at radius 1 is 1.38 bits per heavy atom. The Kier molecular flexibility index (Phi) is 2.47. The lowest BCUT2D eigenvalue weighted by atomic mass is 10.1. The zero-order chi connectivity index (χ0) is 11.9. The first-order chi connectivity index (χ1) is 7.39. The van der Waals surface area contributed by atoms with Gasteiger partial charge in [0, 0.05) is 27.3 Å². The fourth-order valence-electron chi connectivity index (χ4n) is 1.45. The van der Waals surface area contributed by atoms with Crippen LogP contribution in [0.5, 0.6) is 0 Å². The Balaban J connectivity index is 2.80. The van der Waals surface area contributed by atoms with Gasteiger partial charge in [0.1, 0.15) is 0 Å². The molecule has 0 aliphatic heterocycles. The number of hydrogen-bond acceptors (Lipinski definition) is 4. The van der Waals surface area contributed by atoms with E-state index in [2.05, 4.69) is 0 Å². The van der Waals surface area contributed by atoms with Crippen molar-refractivity contribution in [2.24, 2.45) is 5.73 Å². The van der Waals surface area contributed by atoms with Gasteiger partial charge in [0.25, 0.3) is 0 Å². The number of fused-ring (bicyclic) bond motifs is 1. The Morgan fingerprint density at radius 2 is 2.06 bits per heavy atom. The molecule has 0 aliphatic rings. The normalized spacial score (nSPS) is 11.8. The third-order valence-corrected chi connectivity index (χ3v) is 4.47. The summed E-state index contributed by atoms with van der Waals surface area (Å²) in [7, 11) is -3.27. The Morgan fingerprint density at radius 3 is 2.62 bits per heavy atom. The molecule has 1 heterocycles. The standard InChI is InChI=1S/C10H9NO3S2/c1-16(13,14)9-5-15-8-3-2-6(10(11)12)4-7(8)9/h2-5H,1H3,(H2,11,12). The van der Waals surface area contributed by atoms with Crippen LogP contribution < -0.4 is 5.73 Å². The smallest absolute Gasteiger partial charge is 0.248 e. The molecule has 16 heavy (non-hydrogen) atoms. The second kappa shape index (κ2) is 3.57. The number of amides is 1. The van der Waals surface area contributed by atoms with Crippen molar-refractivity contribution >= 4 is 37.2 Å². The third-order valence-electron chi connectivity index (χ3n) is 2.22. The lowest BCUT2D eigenvalue weighted by molar-refractivity contribution is 0.100. The highest BCUT2D eigenvalue weighted by Crippen LogP contribution is 2.30. The lowest BCUT2D eigenvalue weighted by Gasteiger charge is -1.98. The van der Waals surface area contributed by atoms with Crippen molar-refractivity contribution in [3.05, 3.63) is 29.1 Å². The van der Waals surface area contributed by atoms with Gasteiger partial charge in [-0.1, -0.05) is 0 Å². The van der Waals surface area contributed by atoms with Crippen LogP contribution >= 0.6 is 11.3 Å². The molecule has 0 aliphatic carbocycles. The van der Waals surface area contributed by atoms with Crippen molar-refractivity contribution in [3.63, 3.8) is 0 Å². The van der Waals surface area contributed by atoms with Crippen LogP contribution in [0, 0.1) is 0 Å². The molecule has 6 heteroatoms. The van der Waals surface area contributed by atoms with Crippen molar-refractivity contribution in [2.45, 2.75) is 4.90 Å². The summed E-state index contributed by atoms with van der Waals surface area (Å²) in [6.45, 7) is 0. The zero-order valence-corrected chi connectivity index (χ0v) is 10.1. The first-order valence-corrected chi connectivity index (χ1v) is 7.18. The van der Waals surface area contributed by atoms with Gasteiger partial charge in [-0.3, -0.25) is 4.79 Å². The molecule has 0 unspecified atom stereocenters. The van der Waals surface area contributed by atoms with Crippen molar-refractivity contribution < 1.29 is 13.2 Å². The molecule has 2 aromatic rings. The first kappa shape index (κ1) is 11.1. The number of nitrogens with two attached hydrogens (primary N) is 1. The Hall–Kier alpha value is -1.40. The molecule has 1 aromatic heterocycles. The molecule has 2 rings (SSSR count). The number of rotatable bonds is 2. The fourth-order valence-corrected chi connectivity index (χ4v) is 3.73. The molecule has 0 spiro atoms. The van der Waals surface area contributed by atoms with E-state index in [1.54, 1.807) is 17.5 Å². The number of carbonyl (C=O) groups excluding carboxylic acids is 1. The molecular weight excluding hydrogens is 246 g/mol. The molecular formula is C10H9NO3S2. The monoisotopic (exact) mass is 255 g/mol. The third kappa shape index (κ3) is 1.81. The summed E-state index contributed by atoms with van der Waals surface area (Å²) in [6.07, 6.45) is 1.14. The largest absolute Gasteiger partial charge is 0.366 e. The van der Waals surface area contributed by atoms with E-state index in [0.717, 1.165) is 11.0 Å². The van der Waals surface area contributed by atoms with Gasteiger partial charge < -0.3 is 5.73 Å². The summed E-state index contributed by atoms with van der Waals surface area (Å²) in [6, 6.07) is 4.81. The van der Waals surface area contributed by atoms with Crippen molar-refractivity contribution in [1.29, 1.82) is 0 Å². The van der Waals surface area contributed by atoms with Crippen LogP contribution in [-0.2, 0) is 9.84 Å². The van der Waals surface area contributed by atoms with Gasteiger partial charge in [0.2, 0.25) is 5.91 Å². The second-order valence-corrected chi connectivity index (χ2v) is 6.34. The maximum Gasteiger partial charge on any atom is 0.248 e. The molecule has 84 valence electrons. The molecule has 1 amide bonds. The van der Waals surface area contributed by atoms with Crippen molar-refractivity contribution in [2.75, 3.05) is 6.26 Å². The predicted molar refractivity (Wildman–Crippen MR) is 63.5 cm³/mol. The summed E-state index contributed by atoms with van der Waals surface area (Å²) < 4.78 is 23.8. The number of sulfone groups is 1. The van der Waals surface area contributed by atoms with Gasteiger partial charge in [-0.2, -0.15) is 0 Å². The van der Waals surface area contributed by atoms with Gasteiger partial charge in [0.05, 0.1) is 4.90 Å². The predicted octanol–water partition coefficient (Wildman–Crippen LogP) is 1.40. The van der Waals surface area contributed by atoms with Crippen LogP contribution in [0.4, 0.5) is 0 Å². The number of primary amides is 1. The average Bonchev–Trinajstić information content (AvgIpc) is 2.58. The Labute approximate surface area is 96.6 Å². The molecule has 0 saturated carbocycles. The highest BCUT2D eigenvalue weighted by Gasteiger charge is 2.14. The van der Waals surface area contributed by atoms with Crippen LogP contribution in [0.25, 0.3) is 10.1 Å². The average molecular weight is 255 g/mol. The summed E-state index contributed by atoms with van der Waals surface area (Å²) in [5.41, 5.74) is 5.46. The Bertz CT molecular complexity index is 670. The number of carbonyl (C=O) groups is 1. The van der Waals surface area contributed by atoms with Crippen LogP contribution in [0.15, 0.2) is 28.5 Å². The minimum atomic E-state index is -3.27. The van der Waals surface area contributed by atoms with Crippen molar-refractivity contribution in [1.82, 2.24) is 0 Å². The SMILES string of the molecule is CS(=O)(=O)c1csc2ccc(C(N)=O)cc12. The van der Waals surface area contributed by atoms with E-state index in [9.17, 15) is 13.2 Å². The van der Waals surface area contributed by atoms with Crippen LogP contribution in [0.1, 0.15) is 10.4 Å². The number of benzene rings is 1. The van der Waals surface area contributed by atoms with E-state index in [-0.39, 0.29) is 4.90 Å². The highest BCUT2D eigenvalue weighted by molar-refractivity contribution is 7.91. The first-order valence-electron chi connectivity index (χ1n) is 4.41. The van der Waals surface area contributed by atoms with E-state index in [4.69, 9.17) is 5.73 Å². The van der Waals surface area contributed by atoms with E-state index in [1.165, 1.54) is 17.4 Å². The van der Waals surface area contributed by atoms with E-state index in [1.807, 2.05) is 0 Å². The minimum Gasteiger partial charge on any atom is -0.366 e. The zero-order valence-electron chi connectivity index (χ0n) is 8.43. The van der Waals surface area contributed by atoms with E-state index >= 15 is 0 Å². The van der Waals surface area contributed by atoms with Gasteiger partial charge in [0.15, 0.2) is 9.84 Å². The summed E-state index contributed by atoms with van der Waals surface area (Å²) in [5.74, 6) is -0.562. The minimum absolute atomic E-state index is 0.246. The maximum atomic E-state index is 11.5. The molecule has 1 aromatic carbocycles. The summed E-state index contributed by atoms with van der Waals surface area (Å²) in [5, 5.41) is 2.13. The highest BCUT2D eigenvalue weighted by atomic mass is 32.2. The molecule has 0 fully saturated rings. The molecule has 0 bridgehead atoms. The molecule has 0 saturated heterocycles. The lowest BCUT2D eigenvalue weighted by Crippen LogP contribution is -2.10. The summed E-state index contributed by atoms with van der Waals surface area (Å²) >= 11 is 1.33. The van der Waals surface area contributed by atoms with Gasteiger partial charge in [-0.05, 0) is 18.2 Å². The maximum absolute atomic E-state index is 11.5. The van der Waals surface area contributed by atoms with Crippen molar-refractivity contribution in [3.8, 4) is 0 Å². The van der Waals surface area contributed by atoms with Crippen LogP contribution in [0.3, 0.4) is 0 Å². The molecule has 0 atom stereocenters. The summed E-state index contributed by atoms with van der Waals surface area (Å²) in [4.78, 5) is 11.2. The topological polar surface area (TPSA) is 77.2 Å². The number of thiophene rings is 1. The quantitative estimate of drug-likeness (QED) is 0.881. The van der Waals surface area contributed by atoms with Gasteiger partial charge >= 0.3 is 0 Å². The van der Waals surface area contributed by atoms with Gasteiger partial charge in [-0.25, -0.2) is 8.42 Å².